The zero-order valence-electron chi connectivity index (χ0n) is 10.6. The summed E-state index contributed by atoms with van der Waals surface area (Å²) in [7, 11) is 0. The molecule has 0 spiro atoms. The Balaban J connectivity index is 2.14. The number of amides is 1. The molecule has 0 aliphatic carbocycles. The number of hydrogen-bond donors (Lipinski definition) is 3. The molecule has 0 bridgehead atoms. The smallest absolute Gasteiger partial charge is 0.241 e. The van der Waals surface area contributed by atoms with Gasteiger partial charge >= 0.3 is 0 Å². The monoisotopic (exact) mass is 246 g/mol. The van der Waals surface area contributed by atoms with Gasteiger partial charge in [0.25, 0.3) is 0 Å². The average Bonchev–Trinajstić information content (AvgIpc) is 2.77. The molecule has 2 rings (SSSR count). The molecular weight excluding hydrogens is 228 g/mol. The van der Waals surface area contributed by atoms with Gasteiger partial charge < -0.3 is 11.1 Å². The number of fused-ring (bicyclic) bond motifs is 1. The maximum absolute atomic E-state index is 11.9. The molecule has 1 atom stereocenters. The molecule has 5 nitrogen and oxygen atoms in total. The minimum atomic E-state index is -0.479. The number of aromatic nitrogens is 2. The van der Waals surface area contributed by atoms with Crippen molar-refractivity contribution in [1.82, 2.24) is 10.2 Å². The van der Waals surface area contributed by atoms with Crippen molar-refractivity contribution in [1.29, 1.82) is 0 Å². The first kappa shape index (κ1) is 12.6. The van der Waals surface area contributed by atoms with Gasteiger partial charge in [-0.15, -0.1) is 0 Å². The van der Waals surface area contributed by atoms with E-state index in [1.165, 1.54) is 0 Å². The van der Waals surface area contributed by atoms with Crippen LogP contribution in [0, 0.1) is 5.92 Å². The number of carbonyl (C=O) groups excluding carboxylic acids is 1. The van der Waals surface area contributed by atoms with Crippen LogP contribution >= 0.6 is 0 Å². The molecule has 0 aliphatic heterocycles. The van der Waals surface area contributed by atoms with E-state index in [1.54, 1.807) is 6.20 Å². The van der Waals surface area contributed by atoms with Crippen LogP contribution in [0.5, 0.6) is 0 Å². The quantitative estimate of drug-likeness (QED) is 0.770. The molecule has 18 heavy (non-hydrogen) atoms. The predicted octanol–water partition coefficient (Wildman–Crippen LogP) is 1.87. The lowest BCUT2D eigenvalue weighted by atomic mass is 10.0. The maximum Gasteiger partial charge on any atom is 0.241 e. The summed E-state index contributed by atoms with van der Waals surface area (Å²) in [5.41, 5.74) is 7.48. The molecule has 0 saturated carbocycles. The zero-order chi connectivity index (χ0) is 13.1. The lowest BCUT2D eigenvalue weighted by molar-refractivity contribution is -0.117. The number of nitrogens with two attached hydrogens (primary N) is 1. The van der Waals surface area contributed by atoms with Crippen LogP contribution in [-0.2, 0) is 4.79 Å². The first-order valence-electron chi connectivity index (χ1n) is 6.06. The van der Waals surface area contributed by atoms with Crippen molar-refractivity contribution in [3.8, 4) is 0 Å². The Morgan fingerprint density at radius 2 is 2.28 bits per heavy atom. The van der Waals surface area contributed by atoms with Gasteiger partial charge in [-0.25, -0.2) is 0 Å². The normalized spacial score (nSPS) is 12.9. The summed E-state index contributed by atoms with van der Waals surface area (Å²) in [6.07, 6.45) is 2.37. The number of hydrogen-bond acceptors (Lipinski definition) is 3. The second-order valence-electron chi connectivity index (χ2n) is 4.86. The van der Waals surface area contributed by atoms with Crippen LogP contribution in [0.3, 0.4) is 0 Å². The standard InChI is InChI=1S/C13H18N4O/c1-8(2)6-10(14)13(18)16-11-4-3-5-12-9(11)7-15-17-12/h3-5,7-8,10H,6,14H2,1-2H3,(H,15,17)(H,16,18)/t10-/m1/s1. The van der Waals surface area contributed by atoms with E-state index in [-0.39, 0.29) is 5.91 Å². The highest BCUT2D eigenvalue weighted by atomic mass is 16.2. The first-order valence-corrected chi connectivity index (χ1v) is 6.06. The average molecular weight is 246 g/mol. The molecule has 1 aromatic carbocycles. The van der Waals surface area contributed by atoms with E-state index < -0.39 is 6.04 Å². The minimum absolute atomic E-state index is 0.155. The molecule has 1 aromatic heterocycles. The van der Waals surface area contributed by atoms with Gasteiger partial charge in [-0.05, 0) is 24.5 Å². The topological polar surface area (TPSA) is 83.8 Å². The zero-order valence-corrected chi connectivity index (χ0v) is 10.6. The number of nitrogens with zero attached hydrogens (tertiary/aromatic N) is 1. The summed E-state index contributed by atoms with van der Waals surface area (Å²) in [4.78, 5) is 11.9. The first-order chi connectivity index (χ1) is 8.58. The third kappa shape index (κ3) is 2.68. The summed E-state index contributed by atoms with van der Waals surface area (Å²) in [6.45, 7) is 4.09. The van der Waals surface area contributed by atoms with Crippen molar-refractivity contribution in [3.05, 3.63) is 24.4 Å². The summed E-state index contributed by atoms with van der Waals surface area (Å²) in [5.74, 6) is 0.243. The highest BCUT2D eigenvalue weighted by Crippen LogP contribution is 2.21. The van der Waals surface area contributed by atoms with Crippen LogP contribution in [0.1, 0.15) is 20.3 Å². The fraction of sp³-hybridized carbons (Fsp3) is 0.385. The van der Waals surface area contributed by atoms with Crippen molar-refractivity contribution >= 4 is 22.5 Å². The van der Waals surface area contributed by atoms with Crippen molar-refractivity contribution in [2.45, 2.75) is 26.3 Å². The second-order valence-corrected chi connectivity index (χ2v) is 4.86. The number of anilines is 1. The Bertz CT molecular complexity index is 547. The molecule has 96 valence electrons. The van der Waals surface area contributed by atoms with Crippen LogP contribution < -0.4 is 11.1 Å². The highest BCUT2D eigenvalue weighted by molar-refractivity contribution is 6.02. The summed E-state index contributed by atoms with van der Waals surface area (Å²) < 4.78 is 0. The van der Waals surface area contributed by atoms with Crippen LogP contribution in [0.25, 0.3) is 10.9 Å². The lowest BCUT2D eigenvalue weighted by Crippen LogP contribution is -2.36. The van der Waals surface area contributed by atoms with Crippen LogP contribution in [-0.4, -0.2) is 22.1 Å². The number of rotatable bonds is 4. The van der Waals surface area contributed by atoms with Crippen LogP contribution in [0.2, 0.25) is 0 Å². The third-order valence-corrected chi connectivity index (χ3v) is 2.80. The van der Waals surface area contributed by atoms with Gasteiger partial charge in [0, 0.05) is 5.39 Å². The van der Waals surface area contributed by atoms with E-state index in [1.807, 2.05) is 32.0 Å². The largest absolute Gasteiger partial charge is 0.324 e. The Morgan fingerprint density at radius 1 is 1.50 bits per heavy atom. The summed E-state index contributed by atoms with van der Waals surface area (Å²) in [5, 5.41) is 10.6. The maximum atomic E-state index is 11.9. The molecule has 0 radical (unpaired) electrons. The molecule has 1 amide bonds. The van der Waals surface area contributed by atoms with Crippen molar-refractivity contribution in [2.24, 2.45) is 11.7 Å². The van der Waals surface area contributed by atoms with Gasteiger partial charge in [-0.1, -0.05) is 19.9 Å². The van der Waals surface area contributed by atoms with Gasteiger partial charge in [0.05, 0.1) is 23.4 Å². The van der Waals surface area contributed by atoms with Gasteiger partial charge in [-0.3, -0.25) is 9.89 Å². The molecule has 0 saturated heterocycles. The lowest BCUT2D eigenvalue weighted by Gasteiger charge is -2.14. The van der Waals surface area contributed by atoms with E-state index >= 15 is 0 Å². The van der Waals surface area contributed by atoms with Crippen molar-refractivity contribution in [2.75, 3.05) is 5.32 Å². The minimum Gasteiger partial charge on any atom is -0.324 e. The van der Waals surface area contributed by atoms with E-state index in [0.717, 1.165) is 16.6 Å². The van der Waals surface area contributed by atoms with Crippen LogP contribution in [0.15, 0.2) is 24.4 Å². The van der Waals surface area contributed by atoms with Gasteiger partial charge in [0.2, 0.25) is 5.91 Å². The van der Waals surface area contributed by atoms with Gasteiger partial charge in [0.15, 0.2) is 0 Å². The van der Waals surface area contributed by atoms with E-state index in [0.29, 0.717) is 12.3 Å². The van der Waals surface area contributed by atoms with Gasteiger partial charge in [-0.2, -0.15) is 5.10 Å². The SMILES string of the molecule is CC(C)C[C@@H](N)C(=O)Nc1cccc2[nH]ncc12. The number of carbonyl (C=O) groups is 1. The fourth-order valence-electron chi connectivity index (χ4n) is 1.92. The molecule has 2 aromatic rings. The Labute approximate surface area is 106 Å². The molecule has 1 heterocycles. The van der Waals surface area contributed by atoms with E-state index in [9.17, 15) is 4.79 Å². The number of H-pyrrole nitrogens is 1. The predicted molar refractivity (Wildman–Crippen MR) is 72.2 cm³/mol. The molecule has 5 heteroatoms. The van der Waals surface area contributed by atoms with Gasteiger partial charge in [0.1, 0.15) is 0 Å². The molecule has 0 aliphatic rings. The summed E-state index contributed by atoms with van der Waals surface area (Å²) in [6, 6.07) is 5.14. The van der Waals surface area contributed by atoms with E-state index in [4.69, 9.17) is 5.73 Å². The highest BCUT2D eigenvalue weighted by Gasteiger charge is 2.16. The number of benzene rings is 1. The molecular formula is C13H18N4O. The Kier molecular flexibility index (Phi) is 3.62. The van der Waals surface area contributed by atoms with Crippen molar-refractivity contribution < 1.29 is 4.79 Å². The number of aromatic amines is 1. The van der Waals surface area contributed by atoms with Crippen LogP contribution in [0.4, 0.5) is 5.69 Å². The van der Waals surface area contributed by atoms with Crippen molar-refractivity contribution in [3.63, 3.8) is 0 Å². The molecule has 4 N–H and O–H groups in total. The summed E-state index contributed by atoms with van der Waals surface area (Å²) >= 11 is 0. The second kappa shape index (κ2) is 5.18. The molecule has 0 unspecified atom stereocenters. The van der Waals surface area contributed by atoms with E-state index in [2.05, 4.69) is 15.5 Å². The third-order valence-electron chi connectivity index (χ3n) is 2.80. The fourth-order valence-corrected chi connectivity index (χ4v) is 1.92. The Hall–Kier alpha value is -1.88. The number of nitrogens with one attached hydrogen (secondary N) is 2. The Morgan fingerprint density at radius 3 is 3.00 bits per heavy atom. The molecule has 0 fully saturated rings.